The van der Waals surface area contributed by atoms with E-state index in [0.29, 0.717) is 43.4 Å². The molecule has 2 aliphatic rings. The van der Waals surface area contributed by atoms with Crippen LogP contribution in [0.3, 0.4) is 0 Å². The standard InChI is InChI=1S/C19H21N3O5S/c20-28(24,25)15-3-4-16-13(10-15)6-7-22(16)12-19(23)21-14-2-5-17-18(11-14)27-9-1-8-26-17/h2-5,10-11H,1,6-9,12H2,(H,21,23)(H2,20,24,25). The van der Waals surface area contributed by atoms with Crippen LogP contribution in [0.4, 0.5) is 11.4 Å². The Morgan fingerprint density at radius 3 is 2.68 bits per heavy atom. The highest BCUT2D eigenvalue weighted by Crippen LogP contribution is 2.33. The highest BCUT2D eigenvalue weighted by atomic mass is 32.2. The van der Waals surface area contributed by atoms with E-state index in [-0.39, 0.29) is 17.3 Å². The molecule has 0 spiro atoms. The molecule has 2 aromatic rings. The van der Waals surface area contributed by atoms with Crippen LogP contribution in [-0.4, -0.2) is 40.6 Å². The fourth-order valence-corrected chi connectivity index (χ4v) is 3.97. The predicted molar refractivity (Wildman–Crippen MR) is 104 cm³/mol. The van der Waals surface area contributed by atoms with Crippen LogP contribution in [0.15, 0.2) is 41.3 Å². The van der Waals surface area contributed by atoms with Crippen LogP contribution >= 0.6 is 0 Å². The first-order valence-electron chi connectivity index (χ1n) is 9.00. The lowest BCUT2D eigenvalue weighted by Gasteiger charge is -2.19. The Kier molecular flexibility index (Phi) is 4.86. The van der Waals surface area contributed by atoms with Crippen LogP contribution in [0.5, 0.6) is 11.5 Å². The summed E-state index contributed by atoms with van der Waals surface area (Å²) < 4.78 is 34.2. The lowest BCUT2D eigenvalue weighted by atomic mass is 10.2. The van der Waals surface area contributed by atoms with Crippen molar-refractivity contribution in [2.24, 2.45) is 5.14 Å². The number of anilines is 2. The number of carbonyl (C=O) groups is 1. The summed E-state index contributed by atoms with van der Waals surface area (Å²) in [6, 6.07) is 10.1. The van der Waals surface area contributed by atoms with Gasteiger partial charge >= 0.3 is 0 Å². The van der Waals surface area contributed by atoms with E-state index in [2.05, 4.69) is 5.32 Å². The minimum atomic E-state index is -3.74. The molecular formula is C19H21N3O5S. The largest absolute Gasteiger partial charge is 0.490 e. The maximum absolute atomic E-state index is 12.5. The van der Waals surface area contributed by atoms with Crippen LogP contribution < -0.4 is 24.8 Å². The van der Waals surface area contributed by atoms with E-state index in [1.165, 1.54) is 6.07 Å². The van der Waals surface area contributed by atoms with Crippen LogP contribution in [0, 0.1) is 0 Å². The topological polar surface area (TPSA) is 111 Å². The number of benzene rings is 2. The van der Waals surface area contributed by atoms with Gasteiger partial charge in [-0.05, 0) is 42.3 Å². The van der Waals surface area contributed by atoms with Gasteiger partial charge in [-0.3, -0.25) is 4.79 Å². The van der Waals surface area contributed by atoms with E-state index in [1.54, 1.807) is 30.3 Å². The number of ether oxygens (including phenoxy) is 2. The second-order valence-corrected chi connectivity index (χ2v) is 8.33. The SMILES string of the molecule is NS(=O)(=O)c1ccc2c(c1)CCN2CC(=O)Nc1ccc2c(c1)OCCCO2. The zero-order valence-corrected chi connectivity index (χ0v) is 16.0. The van der Waals surface area contributed by atoms with E-state index < -0.39 is 10.0 Å². The maximum Gasteiger partial charge on any atom is 0.243 e. The third-order valence-corrected chi connectivity index (χ3v) is 5.65. The Morgan fingerprint density at radius 2 is 1.89 bits per heavy atom. The first-order valence-corrected chi connectivity index (χ1v) is 10.5. The van der Waals surface area contributed by atoms with Gasteiger partial charge in [0, 0.05) is 30.4 Å². The molecular weight excluding hydrogens is 382 g/mol. The highest BCUT2D eigenvalue weighted by molar-refractivity contribution is 7.89. The number of fused-ring (bicyclic) bond motifs is 2. The molecule has 0 unspecified atom stereocenters. The Morgan fingerprint density at radius 1 is 1.11 bits per heavy atom. The van der Waals surface area contributed by atoms with Gasteiger partial charge in [0.05, 0.1) is 24.7 Å². The lowest BCUT2D eigenvalue weighted by Crippen LogP contribution is -2.31. The minimum Gasteiger partial charge on any atom is -0.490 e. The summed E-state index contributed by atoms with van der Waals surface area (Å²) in [4.78, 5) is 14.5. The molecule has 0 radical (unpaired) electrons. The number of nitrogens with zero attached hydrogens (tertiary/aromatic N) is 1. The molecule has 8 nitrogen and oxygen atoms in total. The summed E-state index contributed by atoms with van der Waals surface area (Å²) in [6.07, 6.45) is 1.48. The van der Waals surface area contributed by atoms with Gasteiger partial charge in [0.2, 0.25) is 15.9 Å². The van der Waals surface area contributed by atoms with E-state index in [4.69, 9.17) is 14.6 Å². The molecule has 3 N–H and O–H groups in total. The fraction of sp³-hybridized carbons (Fsp3) is 0.316. The predicted octanol–water partition coefficient (Wildman–Crippen LogP) is 1.50. The molecule has 0 atom stereocenters. The lowest BCUT2D eigenvalue weighted by molar-refractivity contribution is -0.115. The van der Waals surface area contributed by atoms with Gasteiger partial charge < -0.3 is 19.7 Å². The Labute approximate surface area is 163 Å². The molecule has 2 heterocycles. The molecule has 2 aliphatic heterocycles. The summed E-state index contributed by atoms with van der Waals surface area (Å²) in [5, 5.41) is 8.06. The summed E-state index contributed by atoms with van der Waals surface area (Å²) >= 11 is 0. The number of hydrogen-bond acceptors (Lipinski definition) is 6. The molecule has 148 valence electrons. The van der Waals surface area contributed by atoms with Crippen molar-refractivity contribution in [3.8, 4) is 11.5 Å². The number of primary sulfonamides is 1. The highest BCUT2D eigenvalue weighted by Gasteiger charge is 2.23. The van der Waals surface area contributed by atoms with E-state index in [9.17, 15) is 13.2 Å². The Hall–Kier alpha value is -2.78. The van der Waals surface area contributed by atoms with Crippen molar-refractivity contribution in [2.75, 3.05) is 36.5 Å². The minimum absolute atomic E-state index is 0.0877. The number of hydrogen-bond donors (Lipinski definition) is 2. The summed E-state index contributed by atoms with van der Waals surface area (Å²) in [5.41, 5.74) is 2.36. The molecule has 2 aromatic carbocycles. The van der Waals surface area contributed by atoms with Crippen LogP contribution in [0.1, 0.15) is 12.0 Å². The number of nitrogens with one attached hydrogen (secondary N) is 1. The van der Waals surface area contributed by atoms with Crippen molar-refractivity contribution in [1.29, 1.82) is 0 Å². The van der Waals surface area contributed by atoms with Gasteiger partial charge in [0.25, 0.3) is 0 Å². The molecule has 28 heavy (non-hydrogen) atoms. The molecule has 9 heteroatoms. The second kappa shape index (κ2) is 7.33. The molecule has 0 fully saturated rings. The zero-order valence-electron chi connectivity index (χ0n) is 15.2. The number of carbonyl (C=O) groups excluding carboxylic acids is 1. The summed E-state index contributed by atoms with van der Waals surface area (Å²) in [5.74, 6) is 1.13. The molecule has 0 bridgehead atoms. The zero-order chi connectivity index (χ0) is 19.7. The van der Waals surface area contributed by atoms with Crippen LogP contribution in [0.2, 0.25) is 0 Å². The number of rotatable bonds is 4. The van der Waals surface area contributed by atoms with Crippen LogP contribution in [0.25, 0.3) is 0 Å². The average Bonchev–Trinajstić information content (AvgIpc) is 2.89. The fourth-order valence-electron chi connectivity index (χ4n) is 3.40. The van der Waals surface area contributed by atoms with Gasteiger partial charge in [-0.25, -0.2) is 13.6 Å². The van der Waals surface area contributed by atoms with Crippen molar-refractivity contribution in [3.63, 3.8) is 0 Å². The van der Waals surface area contributed by atoms with Gasteiger partial charge in [0.15, 0.2) is 11.5 Å². The molecule has 0 saturated carbocycles. The number of sulfonamides is 1. The third-order valence-electron chi connectivity index (χ3n) is 4.74. The number of nitrogens with two attached hydrogens (primary N) is 1. The van der Waals surface area contributed by atoms with Crippen LogP contribution in [-0.2, 0) is 21.2 Å². The van der Waals surface area contributed by atoms with Gasteiger partial charge in [-0.15, -0.1) is 0 Å². The van der Waals surface area contributed by atoms with Gasteiger partial charge in [-0.2, -0.15) is 0 Å². The van der Waals surface area contributed by atoms with E-state index in [0.717, 1.165) is 17.7 Å². The quantitative estimate of drug-likeness (QED) is 0.800. The van der Waals surface area contributed by atoms with E-state index >= 15 is 0 Å². The first-order chi connectivity index (χ1) is 13.4. The Bertz CT molecular complexity index is 1020. The number of amides is 1. The first kappa shape index (κ1) is 18.6. The van der Waals surface area contributed by atoms with Crippen molar-refractivity contribution >= 4 is 27.3 Å². The van der Waals surface area contributed by atoms with Gasteiger partial charge in [-0.1, -0.05) is 0 Å². The van der Waals surface area contributed by atoms with Crippen molar-refractivity contribution < 1.29 is 22.7 Å². The molecule has 0 saturated heterocycles. The summed E-state index contributed by atoms with van der Waals surface area (Å²) in [6.45, 7) is 1.99. The molecule has 0 aromatic heterocycles. The molecule has 1 amide bonds. The van der Waals surface area contributed by atoms with Crippen molar-refractivity contribution in [1.82, 2.24) is 0 Å². The summed E-state index contributed by atoms with van der Waals surface area (Å²) in [7, 11) is -3.74. The average molecular weight is 403 g/mol. The molecule has 4 rings (SSSR count). The normalized spacial score (nSPS) is 15.7. The van der Waals surface area contributed by atoms with Crippen molar-refractivity contribution in [3.05, 3.63) is 42.0 Å². The van der Waals surface area contributed by atoms with E-state index in [1.807, 2.05) is 4.90 Å². The van der Waals surface area contributed by atoms with Crippen molar-refractivity contribution in [2.45, 2.75) is 17.7 Å². The smallest absolute Gasteiger partial charge is 0.243 e. The second-order valence-electron chi connectivity index (χ2n) is 6.77. The van der Waals surface area contributed by atoms with Gasteiger partial charge in [0.1, 0.15) is 0 Å². The third kappa shape index (κ3) is 3.90. The maximum atomic E-state index is 12.5. The Balaban J connectivity index is 1.44. The molecule has 0 aliphatic carbocycles. The monoisotopic (exact) mass is 403 g/mol.